The van der Waals surface area contributed by atoms with Crippen molar-refractivity contribution in [2.75, 3.05) is 13.2 Å². The molecular formula is C15H18N2O3S. The molecule has 5 nitrogen and oxygen atoms in total. The van der Waals surface area contributed by atoms with Gasteiger partial charge < -0.3 is 4.74 Å². The van der Waals surface area contributed by atoms with Crippen LogP contribution in [0.5, 0.6) is 0 Å². The number of morpholine rings is 1. The van der Waals surface area contributed by atoms with Gasteiger partial charge in [-0.2, -0.15) is 9.57 Å². The number of hydrogen-bond acceptors (Lipinski definition) is 4. The molecule has 0 aromatic heterocycles. The standard InChI is InChI=1S/C15H18N2O3S/c16-11-12-5-7-13(8-6-12)21(18,19)17-9-10-20-15-4-2-1-3-14(15)17/h5-8,14-15H,1-4,9-10H2/t14-,15-/m0/s1. The van der Waals surface area contributed by atoms with Crippen LogP contribution in [0.2, 0.25) is 0 Å². The van der Waals surface area contributed by atoms with E-state index in [1.165, 1.54) is 12.1 Å². The lowest BCUT2D eigenvalue weighted by Crippen LogP contribution is -2.54. The Labute approximate surface area is 125 Å². The minimum Gasteiger partial charge on any atom is -0.375 e. The molecule has 3 rings (SSSR count). The highest BCUT2D eigenvalue weighted by atomic mass is 32.2. The van der Waals surface area contributed by atoms with Gasteiger partial charge in [0.2, 0.25) is 10.0 Å². The second-order valence-corrected chi connectivity index (χ2v) is 7.40. The van der Waals surface area contributed by atoms with Crippen molar-refractivity contribution in [3.05, 3.63) is 29.8 Å². The molecule has 21 heavy (non-hydrogen) atoms. The molecule has 1 aromatic carbocycles. The molecule has 0 radical (unpaired) electrons. The fourth-order valence-corrected chi connectivity index (χ4v) is 4.86. The number of nitrogens with zero attached hydrogens (tertiary/aromatic N) is 2. The molecule has 1 aliphatic carbocycles. The van der Waals surface area contributed by atoms with Crippen LogP contribution < -0.4 is 0 Å². The number of benzene rings is 1. The molecule has 1 aliphatic heterocycles. The predicted molar refractivity (Wildman–Crippen MR) is 77.0 cm³/mol. The van der Waals surface area contributed by atoms with E-state index in [4.69, 9.17) is 10.00 Å². The number of rotatable bonds is 2. The van der Waals surface area contributed by atoms with Crippen molar-refractivity contribution in [1.82, 2.24) is 4.31 Å². The minimum atomic E-state index is -3.51. The van der Waals surface area contributed by atoms with E-state index in [2.05, 4.69) is 0 Å². The molecule has 2 atom stereocenters. The van der Waals surface area contributed by atoms with Crippen molar-refractivity contribution in [2.24, 2.45) is 0 Å². The third-order valence-electron chi connectivity index (χ3n) is 4.27. The molecule has 1 saturated carbocycles. The van der Waals surface area contributed by atoms with Crippen molar-refractivity contribution in [2.45, 2.75) is 42.7 Å². The summed E-state index contributed by atoms with van der Waals surface area (Å²) >= 11 is 0. The lowest BCUT2D eigenvalue weighted by atomic mass is 9.91. The van der Waals surface area contributed by atoms with Crippen LogP contribution >= 0.6 is 0 Å². The van der Waals surface area contributed by atoms with Gasteiger partial charge in [-0.1, -0.05) is 12.8 Å². The van der Waals surface area contributed by atoms with Crippen LogP contribution in [0.4, 0.5) is 0 Å². The van der Waals surface area contributed by atoms with Crippen LogP contribution in [-0.4, -0.2) is 38.0 Å². The van der Waals surface area contributed by atoms with Gasteiger partial charge in [0.05, 0.1) is 35.3 Å². The number of hydrogen-bond donors (Lipinski definition) is 0. The first-order chi connectivity index (χ1) is 10.1. The first kappa shape index (κ1) is 14.5. The Morgan fingerprint density at radius 2 is 1.90 bits per heavy atom. The summed E-state index contributed by atoms with van der Waals surface area (Å²) < 4.78 is 33.0. The largest absolute Gasteiger partial charge is 0.375 e. The Hall–Kier alpha value is -1.42. The van der Waals surface area contributed by atoms with E-state index < -0.39 is 10.0 Å². The van der Waals surface area contributed by atoms with Crippen LogP contribution in [0.15, 0.2) is 29.2 Å². The van der Waals surface area contributed by atoms with Gasteiger partial charge in [-0.15, -0.1) is 0 Å². The lowest BCUT2D eigenvalue weighted by molar-refractivity contribution is -0.0586. The Bertz CT molecular complexity index is 646. The van der Waals surface area contributed by atoms with Crippen LogP contribution in [0.1, 0.15) is 31.2 Å². The number of nitriles is 1. The average Bonchev–Trinajstić information content (AvgIpc) is 2.54. The van der Waals surface area contributed by atoms with Gasteiger partial charge in [-0.3, -0.25) is 0 Å². The van der Waals surface area contributed by atoms with Gasteiger partial charge in [-0.25, -0.2) is 8.42 Å². The smallest absolute Gasteiger partial charge is 0.243 e. The normalized spacial score (nSPS) is 26.8. The summed E-state index contributed by atoms with van der Waals surface area (Å²) in [5, 5.41) is 8.81. The molecule has 6 heteroatoms. The zero-order valence-corrected chi connectivity index (χ0v) is 12.6. The summed E-state index contributed by atoms with van der Waals surface area (Å²) in [6.07, 6.45) is 3.97. The molecule has 0 bridgehead atoms. The highest BCUT2D eigenvalue weighted by Gasteiger charge is 2.40. The van der Waals surface area contributed by atoms with E-state index in [1.54, 1.807) is 16.4 Å². The van der Waals surface area contributed by atoms with Gasteiger partial charge in [-0.05, 0) is 37.1 Å². The van der Waals surface area contributed by atoms with Crippen molar-refractivity contribution in [3.8, 4) is 6.07 Å². The maximum atomic E-state index is 12.8. The Balaban J connectivity index is 1.90. The molecule has 2 aliphatic rings. The third-order valence-corrected chi connectivity index (χ3v) is 6.21. The quantitative estimate of drug-likeness (QED) is 0.836. The molecule has 0 unspecified atom stereocenters. The van der Waals surface area contributed by atoms with E-state index in [0.29, 0.717) is 18.7 Å². The van der Waals surface area contributed by atoms with E-state index in [0.717, 1.165) is 25.7 Å². The Kier molecular flexibility index (Phi) is 3.98. The summed E-state index contributed by atoms with van der Waals surface area (Å²) in [5.41, 5.74) is 0.464. The first-order valence-corrected chi connectivity index (χ1v) is 8.70. The predicted octanol–water partition coefficient (Wildman–Crippen LogP) is 1.89. The topological polar surface area (TPSA) is 70.4 Å². The molecule has 112 valence electrons. The number of sulfonamides is 1. The summed E-state index contributed by atoms with van der Waals surface area (Å²) in [4.78, 5) is 0.257. The van der Waals surface area contributed by atoms with E-state index in [1.807, 2.05) is 6.07 Å². The van der Waals surface area contributed by atoms with Gasteiger partial charge in [0, 0.05) is 6.54 Å². The summed E-state index contributed by atoms with van der Waals surface area (Å²) in [7, 11) is -3.51. The third kappa shape index (κ3) is 2.69. The minimum absolute atomic E-state index is 0.0284. The van der Waals surface area contributed by atoms with E-state index in [-0.39, 0.29) is 17.0 Å². The van der Waals surface area contributed by atoms with Gasteiger partial charge in [0.1, 0.15) is 0 Å². The van der Waals surface area contributed by atoms with E-state index in [9.17, 15) is 8.42 Å². The Morgan fingerprint density at radius 1 is 1.19 bits per heavy atom. The van der Waals surface area contributed by atoms with Crippen LogP contribution in [-0.2, 0) is 14.8 Å². The molecule has 2 fully saturated rings. The molecule has 1 heterocycles. The van der Waals surface area contributed by atoms with Gasteiger partial charge in [0.25, 0.3) is 0 Å². The van der Waals surface area contributed by atoms with Crippen molar-refractivity contribution < 1.29 is 13.2 Å². The van der Waals surface area contributed by atoms with Gasteiger partial charge >= 0.3 is 0 Å². The van der Waals surface area contributed by atoms with Crippen LogP contribution in [0.25, 0.3) is 0 Å². The van der Waals surface area contributed by atoms with Crippen molar-refractivity contribution >= 4 is 10.0 Å². The van der Waals surface area contributed by atoms with Crippen LogP contribution in [0, 0.1) is 11.3 Å². The Morgan fingerprint density at radius 3 is 2.62 bits per heavy atom. The number of fused-ring (bicyclic) bond motifs is 1. The summed E-state index contributed by atoms with van der Waals surface area (Å²) in [6.45, 7) is 0.861. The van der Waals surface area contributed by atoms with Crippen LogP contribution in [0.3, 0.4) is 0 Å². The first-order valence-electron chi connectivity index (χ1n) is 7.26. The lowest BCUT2D eigenvalue weighted by Gasteiger charge is -2.42. The highest BCUT2D eigenvalue weighted by Crippen LogP contribution is 2.32. The molecule has 1 saturated heterocycles. The fourth-order valence-electron chi connectivity index (χ4n) is 3.20. The van der Waals surface area contributed by atoms with Crippen molar-refractivity contribution in [3.63, 3.8) is 0 Å². The molecule has 0 amide bonds. The molecule has 0 N–H and O–H groups in total. The van der Waals surface area contributed by atoms with Crippen molar-refractivity contribution in [1.29, 1.82) is 5.26 Å². The second kappa shape index (κ2) is 5.76. The molecular weight excluding hydrogens is 288 g/mol. The number of ether oxygens (including phenoxy) is 1. The zero-order chi connectivity index (χ0) is 14.9. The summed E-state index contributed by atoms with van der Waals surface area (Å²) in [5.74, 6) is 0. The zero-order valence-electron chi connectivity index (χ0n) is 11.7. The maximum Gasteiger partial charge on any atom is 0.243 e. The van der Waals surface area contributed by atoms with Gasteiger partial charge in [0.15, 0.2) is 0 Å². The second-order valence-electron chi connectivity index (χ2n) is 5.51. The monoisotopic (exact) mass is 306 g/mol. The fraction of sp³-hybridized carbons (Fsp3) is 0.533. The summed E-state index contributed by atoms with van der Waals surface area (Å²) in [6, 6.07) is 8.08. The SMILES string of the molecule is N#Cc1ccc(S(=O)(=O)N2CCO[C@H]3CCCC[C@@H]32)cc1. The maximum absolute atomic E-state index is 12.8. The molecule has 1 aromatic rings. The molecule has 0 spiro atoms. The average molecular weight is 306 g/mol. The van der Waals surface area contributed by atoms with E-state index >= 15 is 0 Å². The highest BCUT2D eigenvalue weighted by molar-refractivity contribution is 7.89.